The summed E-state index contributed by atoms with van der Waals surface area (Å²) in [5.74, 6) is 0.317. The molecule has 0 saturated heterocycles. The van der Waals surface area contributed by atoms with Gasteiger partial charge in [0, 0.05) is 46.8 Å². The summed E-state index contributed by atoms with van der Waals surface area (Å²) in [7, 11) is 0. The predicted molar refractivity (Wildman–Crippen MR) is 112 cm³/mol. The molecule has 2 N–H and O–H groups in total. The number of aromatic nitrogens is 1. The Morgan fingerprint density at radius 2 is 1.97 bits per heavy atom. The molecule has 29 heavy (non-hydrogen) atoms. The zero-order chi connectivity index (χ0) is 20.1. The number of para-hydroxylation sites is 1. The number of hydrogen-bond donors (Lipinski definition) is 1. The predicted octanol–water partition coefficient (Wildman–Crippen LogP) is 4.63. The van der Waals surface area contributed by atoms with Gasteiger partial charge in [0.25, 0.3) is 0 Å². The first kappa shape index (κ1) is 17.6. The second-order valence-electron chi connectivity index (χ2n) is 7.58. The Labute approximate surface area is 168 Å². The number of carbonyl (C=O) groups is 1. The molecule has 5 nitrogen and oxygen atoms in total. The SMILES string of the molecule is CCn1c2ccccc2c2ccc([C@H]3C(C#N)=C(N)OC4=C3C(=O)CCC4)cc21. The van der Waals surface area contributed by atoms with Crippen LogP contribution in [0.5, 0.6) is 0 Å². The van der Waals surface area contributed by atoms with Crippen molar-refractivity contribution in [3.05, 3.63) is 70.8 Å². The van der Waals surface area contributed by atoms with Crippen molar-refractivity contribution in [1.82, 2.24) is 4.57 Å². The van der Waals surface area contributed by atoms with E-state index >= 15 is 0 Å². The molecule has 1 atom stereocenters. The lowest BCUT2D eigenvalue weighted by molar-refractivity contribution is -0.116. The lowest BCUT2D eigenvalue weighted by Crippen LogP contribution is -2.27. The van der Waals surface area contributed by atoms with Crippen molar-refractivity contribution < 1.29 is 9.53 Å². The van der Waals surface area contributed by atoms with Crippen LogP contribution in [0.2, 0.25) is 0 Å². The Bertz CT molecular complexity index is 1290. The van der Waals surface area contributed by atoms with Crippen LogP contribution >= 0.6 is 0 Å². The number of ether oxygens (including phenoxy) is 1. The molecule has 0 spiro atoms. The minimum Gasteiger partial charge on any atom is -0.444 e. The van der Waals surface area contributed by atoms with Gasteiger partial charge in [0.05, 0.1) is 5.92 Å². The van der Waals surface area contributed by atoms with Gasteiger partial charge >= 0.3 is 0 Å². The van der Waals surface area contributed by atoms with Crippen LogP contribution < -0.4 is 5.73 Å². The number of fused-ring (bicyclic) bond motifs is 3. The molecular formula is C24H21N3O2. The normalized spacial score (nSPS) is 19.4. The fraction of sp³-hybridized carbons (Fsp3) is 0.250. The average molecular weight is 383 g/mol. The van der Waals surface area contributed by atoms with Crippen LogP contribution in [0.3, 0.4) is 0 Å². The van der Waals surface area contributed by atoms with Crippen LogP contribution in [0.4, 0.5) is 0 Å². The van der Waals surface area contributed by atoms with Gasteiger partial charge in [-0.05, 0) is 31.0 Å². The van der Waals surface area contributed by atoms with Crippen LogP contribution in [-0.2, 0) is 16.1 Å². The fourth-order valence-corrected chi connectivity index (χ4v) is 4.78. The summed E-state index contributed by atoms with van der Waals surface area (Å²) in [5, 5.41) is 12.2. The van der Waals surface area contributed by atoms with Gasteiger partial charge in [0.1, 0.15) is 17.4 Å². The summed E-state index contributed by atoms with van der Waals surface area (Å²) in [5.41, 5.74) is 10.2. The molecule has 5 rings (SSSR count). The van der Waals surface area contributed by atoms with Gasteiger partial charge in [-0.25, -0.2) is 0 Å². The van der Waals surface area contributed by atoms with Crippen LogP contribution in [0.1, 0.15) is 37.7 Å². The Balaban J connectivity index is 1.78. The largest absolute Gasteiger partial charge is 0.444 e. The van der Waals surface area contributed by atoms with E-state index in [4.69, 9.17) is 10.5 Å². The van der Waals surface area contributed by atoms with E-state index < -0.39 is 5.92 Å². The second kappa shape index (κ2) is 6.52. The third-order valence-electron chi connectivity index (χ3n) is 6.05. The number of allylic oxidation sites excluding steroid dienone is 3. The van der Waals surface area contributed by atoms with Crippen LogP contribution in [0, 0.1) is 11.3 Å². The van der Waals surface area contributed by atoms with E-state index in [0.717, 1.165) is 29.4 Å². The lowest BCUT2D eigenvalue weighted by atomic mass is 9.77. The van der Waals surface area contributed by atoms with Crippen molar-refractivity contribution in [3.63, 3.8) is 0 Å². The van der Waals surface area contributed by atoms with E-state index in [2.05, 4.69) is 41.8 Å². The molecule has 1 aromatic heterocycles. The summed E-state index contributed by atoms with van der Waals surface area (Å²) in [6.45, 7) is 2.95. The zero-order valence-electron chi connectivity index (χ0n) is 16.2. The third kappa shape index (κ3) is 2.49. The molecule has 2 heterocycles. The Morgan fingerprint density at radius 1 is 1.17 bits per heavy atom. The minimum atomic E-state index is -0.468. The van der Waals surface area contributed by atoms with Gasteiger partial charge in [-0.2, -0.15) is 5.26 Å². The number of nitriles is 1. The average Bonchev–Trinajstić information content (AvgIpc) is 3.05. The molecular weight excluding hydrogens is 362 g/mol. The number of benzene rings is 2. The first-order chi connectivity index (χ1) is 14.1. The number of hydrogen-bond acceptors (Lipinski definition) is 4. The molecule has 3 aromatic rings. The lowest BCUT2D eigenvalue weighted by Gasteiger charge is -2.31. The Hall–Kier alpha value is -3.52. The number of ketones is 1. The van der Waals surface area contributed by atoms with E-state index in [-0.39, 0.29) is 11.7 Å². The molecule has 1 aliphatic carbocycles. The third-order valence-corrected chi connectivity index (χ3v) is 6.05. The number of aryl methyl sites for hydroxylation is 1. The highest BCUT2D eigenvalue weighted by molar-refractivity contribution is 6.08. The Morgan fingerprint density at radius 3 is 2.76 bits per heavy atom. The molecule has 2 aromatic carbocycles. The maximum Gasteiger partial charge on any atom is 0.205 e. The fourth-order valence-electron chi connectivity index (χ4n) is 4.78. The van der Waals surface area contributed by atoms with Crippen molar-refractivity contribution in [3.8, 4) is 6.07 Å². The van der Waals surface area contributed by atoms with Crippen molar-refractivity contribution in [2.45, 2.75) is 38.6 Å². The highest BCUT2D eigenvalue weighted by atomic mass is 16.5. The van der Waals surface area contributed by atoms with E-state index in [1.54, 1.807) is 0 Å². The molecule has 5 heteroatoms. The molecule has 0 saturated carbocycles. The van der Waals surface area contributed by atoms with Gasteiger partial charge in [-0.3, -0.25) is 4.79 Å². The van der Waals surface area contributed by atoms with Crippen LogP contribution in [0.25, 0.3) is 21.8 Å². The number of Topliss-reactive ketones (excluding diaryl/α,β-unsaturated/α-hetero) is 1. The topological polar surface area (TPSA) is 81.0 Å². The van der Waals surface area contributed by atoms with Gasteiger partial charge < -0.3 is 15.0 Å². The van der Waals surface area contributed by atoms with Crippen LogP contribution in [0.15, 0.2) is 65.3 Å². The maximum absolute atomic E-state index is 12.8. The number of nitrogens with two attached hydrogens (primary N) is 1. The molecule has 144 valence electrons. The highest BCUT2D eigenvalue weighted by Gasteiger charge is 2.38. The summed E-state index contributed by atoms with van der Waals surface area (Å²) in [4.78, 5) is 12.8. The van der Waals surface area contributed by atoms with E-state index in [9.17, 15) is 10.1 Å². The van der Waals surface area contributed by atoms with Crippen molar-refractivity contribution in [2.75, 3.05) is 0 Å². The number of nitrogens with zero attached hydrogens (tertiary/aromatic N) is 2. The molecule has 0 amide bonds. The highest BCUT2D eigenvalue weighted by Crippen LogP contribution is 2.44. The van der Waals surface area contributed by atoms with E-state index in [0.29, 0.717) is 29.7 Å². The standard InChI is InChI=1S/C24H21N3O2/c1-2-27-18-7-4-3-6-15(18)16-11-10-14(12-19(16)27)22-17(13-25)24(26)29-21-9-5-8-20(28)23(21)22/h3-4,6-7,10-12,22H,2,5,8-9,26H2,1H3/t22-/m0/s1. The molecule has 0 radical (unpaired) electrons. The molecule has 0 fully saturated rings. The summed E-state index contributed by atoms with van der Waals surface area (Å²) < 4.78 is 7.95. The van der Waals surface area contributed by atoms with Gasteiger partial charge in [-0.1, -0.05) is 30.3 Å². The monoisotopic (exact) mass is 383 g/mol. The van der Waals surface area contributed by atoms with Gasteiger partial charge in [-0.15, -0.1) is 0 Å². The quantitative estimate of drug-likeness (QED) is 0.700. The van der Waals surface area contributed by atoms with Crippen molar-refractivity contribution in [2.24, 2.45) is 5.73 Å². The van der Waals surface area contributed by atoms with Gasteiger partial charge in [0.2, 0.25) is 5.88 Å². The molecule has 0 unspecified atom stereocenters. The first-order valence-electron chi connectivity index (χ1n) is 9.98. The zero-order valence-corrected chi connectivity index (χ0v) is 16.2. The first-order valence-corrected chi connectivity index (χ1v) is 9.98. The summed E-state index contributed by atoms with van der Waals surface area (Å²) in [6, 6.07) is 16.7. The smallest absolute Gasteiger partial charge is 0.205 e. The number of carbonyl (C=O) groups excluding carboxylic acids is 1. The van der Waals surface area contributed by atoms with Gasteiger partial charge in [0.15, 0.2) is 5.78 Å². The minimum absolute atomic E-state index is 0.0487. The summed E-state index contributed by atoms with van der Waals surface area (Å²) >= 11 is 0. The molecule has 0 bridgehead atoms. The summed E-state index contributed by atoms with van der Waals surface area (Å²) in [6.07, 6.45) is 1.91. The van der Waals surface area contributed by atoms with Crippen molar-refractivity contribution in [1.29, 1.82) is 5.26 Å². The Kier molecular flexibility index (Phi) is 3.95. The second-order valence-corrected chi connectivity index (χ2v) is 7.58. The van der Waals surface area contributed by atoms with E-state index in [1.807, 2.05) is 18.2 Å². The van der Waals surface area contributed by atoms with E-state index in [1.165, 1.54) is 10.9 Å². The molecule has 1 aliphatic heterocycles. The van der Waals surface area contributed by atoms with Crippen LogP contribution in [-0.4, -0.2) is 10.4 Å². The maximum atomic E-state index is 12.8. The van der Waals surface area contributed by atoms with Crippen molar-refractivity contribution >= 4 is 27.6 Å². The molecule has 2 aliphatic rings. The number of rotatable bonds is 2.